The molecule has 0 fully saturated rings. The third-order valence-corrected chi connectivity index (χ3v) is 5.99. The molecule has 2 aromatic rings. The molecule has 9 heteroatoms. The largest absolute Gasteiger partial charge is 0.490 e. The summed E-state index contributed by atoms with van der Waals surface area (Å²) in [6.07, 6.45) is 0. The molecule has 1 amide bonds. The van der Waals surface area contributed by atoms with Crippen molar-refractivity contribution in [3.63, 3.8) is 0 Å². The lowest BCUT2D eigenvalue weighted by Gasteiger charge is -2.19. The standard InChI is InChI=1S/C20H25ClN2O5S/c1-15-8-9-16(29(25,26)22-10-12-27-3)14-17(15)20(24)23(2)11-13-28-19-7-5-4-6-18(19)21/h4-9,14,22H,10-13H2,1-3H3. The number of hydrogen-bond donors (Lipinski definition) is 1. The van der Waals surface area contributed by atoms with Crippen molar-refractivity contribution in [2.75, 3.05) is 40.5 Å². The molecule has 29 heavy (non-hydrogen) atoms. The van der Waals surface area contributed by atoms with E-state index in [-0.39, 0.29) is 30.6 Å². The fourth-order valence-electron chi connectivity index (χ4n) is 2.52. The lowest BCUT2D eigenvalue weighted by Crippen LogP contribution is -2.32. The van der Waals surface area contributed by atoms with Gasteiger partial charge < -0.3 is 14.4 Å². The molecule has 0 aliphatic heterocycles. The van der Waals surface area contributed by atoms with Crippen LogP contribution in [0.1, 0.15) is 15.9 Å². The molecule has 0 bridgehead atoms. The normalized spacial score (nSPS) is 11.3. The van der Waals surface area contributed by atoms with Crippen molar-refractivity contribution >= 4 is 27.5 Å². The van der Waals surface area contributed by atoms with Gasteiger partial charge in [0.2, 0.25) is 10.0 Å². The Morgan fingerprint density at radius 1 is 1.17 bits per heavy atom. The van der Waals surface area contributed by atoms with E-state index in [0.717, 1.165) is 0 Å². The molecule has 0 unspecified atom stereocenters. The first kappa shape index (κ1) is 23.2. The van der Waals surface area contributed by atoms with E-state index in [2.05, 4.69) is 4.72 Å². The van der Waals surface area contributed by atoms with Crippen molar-refractivity contribution in [3.8, 4) is 5.75 Å². The Balaban J connectivity index is 2.06. The molecule has 2 rings (SSSR count). The first-order valence-electron chi connectivity index (χ1n) is 8.98. The maximum Gasteiger partial charge on any atom is 0.254 e. The van der Waals surface area contributed by atoms with E-state index in [9.17, 15) is 13.2 Å². The third kappa shape index (κ3) is 6.43. The van der Waals surface area contributed by atoms with Crippen molar-refractivity contribution in [1.82, 2.24) is 9.62 Å². The number of amides is 1. The number of carbonyl (C=O) groups is 1. The Labute approximate surface area is 176 Å². The van der Waals surface area contributed by atoms with Gasteiger partial charge in [-0.2, -0.15) is 0 Å². The number of halogens is 1. The lowest BCUT2D eigenvalue weighted by molar-refractivity contribution is 0.0773. The zero-order chi connectivity index (χ0) is 21.4. The van der Waals surface area contributed by atoms with E-state index in [1.807, 2.05) is 6.07 Å². The zero-order valence-corrected chi connectivity index (χ0v) is 18.2. The van der Waals surface area contributed by atoms with Crippen LogP contribution >= 0.6 is 11.6 Å². The topological polar surface area (TPSA) is 84.9 Å². The summed E-state index contributed by atoms with van der Waals surface area (Å²) in [6.45, 7) is 2.73. The predicted octanol–water partition coefficient (Wildman–Crippen LogP) is 2.72. The molecule has 0 aliphatic rings. The number of hydrogen-bond acceptors (Lipinski definition) is 5. The Hall–Kier alpha value is -2.13. The minimum absolute atomic E-state index is 0.0308. The summed E-state index contributed by atoms with van der Waals surface area (Å²) in [6, 6.07) is 11.6. The molecule has 0 saturated carbocycles. The van der Waals surface area contributed by atoms with Gasteiger partial charge in [-0.1, -0.05) is 29.8 Å². The van der Waals surface area contributed by atoms with Crippen LogP contribution in [0.2, 0.25) is 5.02 Å². The smallest absolute Gasteiger partial charge is 0.254 e. The highest BCUT2D eigenvalue weighted by Crippen LogP contribution is 2.23. The van der Waals surface area contributed by atoms with Crippen molar-refractivity contribution in [2.24, 2.45) is 0 Å². The highest BCUT2D eigenvalue weighted by molar-refractivity contribution is 7.89. The minimum atomic E-state index is -3.73. The van der Waals surface area contributed by atoms with Crippen LogP contribution in [0.4, 0.5) is 0 Å². The van der Waals surface area contributed by atoms with E-state index in [1.54, 1.807) is 38.2 Å². The van der Waals surface area contributed by atoms with Gasteiger partial charge in [0.1, 0.15) is 12.4 Å². The van der Waals surface area contributed by atoms with Crippen molar-refractivity contribution in [3.05, 3.63) is 58.6 Å². The average Bonchev–Trinajstić information content (AvgIpc) is 2.69. The van der Waals surface area contributed by atoms with Crippen LogP contribution in [-0.2, 0) is 14.8 Å². The first-order chi connectivity index (χ1) is 13.8. The number of nitrogens with one attached hydrogen (secondary N) is 1. The summed E-state index contributed by atoms with van der Waals surface area (Å²) < 4.78 is 37.7. The molecule has 1 N–H and O–H groups in total. The Bertz CT molecular complexity index is 950. The number of ether oxygens (including phenoxy) is 2. The van der Waals surface area contributed by atoms with Crippen LogP contribution in [-0.4, -0.2) is 59.7 Å². The summed E-state index contributed by atoms with van der Waals surface area (Å²) in [5.41, 5.74) is 1.00. The third-order valence-electron chi connectivity index (χ3n) is 4.22. The fourth-order valence-corrected chi connectivity index (χ4v) is 3.75. The highest BCUT2D eigenvalue weighted by Gasteiger charge is 2.20. The molecule has 7 nitrogen and oxygen atoms in total. The number of aryl methyl sites for hydroxylation is 1. The maximum absolute atomic E-state index is 12.8. The van der Waals surface area contributed by atoms with Crippen molar-refractivity contribution < 1.29 is 22.7 Å². The average molecular weight is 441 g/mol. The van der Waals surface area contributed by atoms with Gasteiger partial charge in [0.05, 0.1) is 23.1 Å². The van der Waals surface area contributed by atoms with Crippen LogP contribution in [0.5, 0.6) is 5.75 Å². The predicted molar refractivity (Wildman–Crippen MR) is 112 cm³/mol. The molecule has 0 atom stereocenters. The number of sulfonamides is 1. The quantitative estimate of drug-likeness (QED) is 0.574. The number of rotatable bonds is 10. The molecular formula is C20H25ClN2O5S. The number of para-hydroxylation sites is 1. The molecule has 0 saturated heterocycles. The van der Waals surface area contributed by atoms with Gasteiger partial charge in [-0.25, -0.2) is 13.1 Å². The fraction of sp³-hybridized carbons (Fsp3) is 0.350. The van der Waals surface area contributed by atoms with E-state index in [1.165, 1.54) is 24.1 Å². The summed E-state index contributed by atoms with van der Waals surface area (Å²) >= 11 is 6.05. The lowest BCUT2D eigenvalue weighted by atomic mass is 10.1. The van der Waals surface area contributed by atoms with Crippen LogP contribution < -0.4 is 9.46 Å². The molecule has 0 aromatic heterocycles. The van der Waals surface area contributed by atoms with Crippen LogP contribution in [0.25, 0.3) is 0 Å². The summed E-state index contributed by atoms with van der Waals surface area (Å²) in [4.78, 5) is 14.3. The van der Waals surface area contributed by atoms with Gasteiger partial charge in [0, 0.05) is 26.3 Å². The number of methoxy groups -OCH3 is 1. The molecule has 158 valence electrons. The number of carbonyl (C=O) groups excluding carboxylic acids is 1. The van der Waals surface area contributed by atoms with Gasteiger partial charge in [-0.05, 0) is 36.8 Å². The second-order valence-electron chi connectivity index (χ2n) is 6.37. The molecule has 0 aliphatic carbocycles. The summed E-state index contributed by atoms with van der Waals surface area (Å²) in [5.74, 6) is 0.251. The second-order valence-corrected chi connectivity index (χ2v) is 8.55. The molecule has 0 radical (unpaired) electrons. The second kappa shape index (κ2) is 10.6. The van der Waals surface area contributed by atoms with E-state index in [4.69, 9.17) is 21.1 Å². The number of benzene rings is 2. The summed E-state index contributed by atoms with van der Waals surface area (Å²) in [5, 5.41) is 0.496. The number of likely N-dealkylation sites (N-methyl/N-ethyl adjacent to an activating group) is 1. The van der Waals surface area contributed by atoms with Gasteiger partial charge in [0.25, 0.3) is 5.91 Å². The Morgan fingerprint density at radius 3 is 2.59 bits per heavy atom. The summed E-state index contributed by atoms with van der Waals surface area (Å²) in [7, 11) is -0.606. The van der Waals surface area contributed by atoms with E-state index in [0.29, 0.717) is 28.4 Å². The number of nitrogens with zero attached hydrogens (tertiary/aromatic N) is 1. The SMILES string of the molecule is COCCNS(=O)(=O)c1ccc(C)c(C(=O)N(C)CCOc2ccccc2Cl)c1. The van der Waals surface area contributed by atoms with Gasteiger partial charge in [0.15, 0.2) is 0 Å². The van der Waals surface area contributed by atoms with Gasteiger partial charge in [-0.15, -0.1) is 0 Å². The minimum Gasteiger partial charge on any atom is -0.490 e. The Morgan fingerprint density at radius 2 is 1.90 bits per heavy atom. The van der Waals surface area contributed by atoms with Crippen LogP contribution in [0.3, 0.4) is 0 Å². The molecule has 0 spiro atoms. The molecular weight excluding hydrogens is 416 g/mol. The van der Waals surface area contributed by atoms with Gasteiger partial charge >= 0.3 is 0 Å². The highest BCUT2D eigenvalue weighted by atomic mass is 35.5. The first-order valence-corrected chi connectivity index (χ1v) is 10.8. The molecule has 2 aromatic carbocycles. The van der Waals surface area contributed by atoms with Crippen LogP contribution in [0, 0.1) is 6.92 Å². The Kier molecular flexibility index (Phi) is 8.45. The van der Waals surface area contributed by atoms with E-state index < -0.39 is 10.0 Å². The van der Waals surface area contributed by atoms with Crippen LogP contribution in [0.15, 0.2) is 47.4 Å². The van der Waals surface area contributed by atoms with Crippen molar-refractivity contribution in [2.45, 2.75) is 11.8 Å². The molecule has 0 heterocycles. The van der Waals surface area contributed by atoms with Crippen molar-refractivity contribution in [1.29, 1.82) is 0 Å². The monoisotopic (exact) mass is 440 g/mol. The van der Waals surface area contributed by atoms with E-state index >= 15 is 0 Å². The zero-order valence-electron chi connectivity index (χ0n) is 16.6. The maximum atomic E-state index is 12.8. The van der Waals surface area contributed by atoms with Gasteiger partial charge in [-0.3, -0.25) is 4.79 Å².